The van der Waals surface area contributed by atoms with Crippen LogP contribution in [0.2, 0.25) is 0 Å². The third-order valence-electron chi connectivity index (χ3n) is 8.97. The number of alkyl carbamates (subject to hydrolysis) is 1. The molecule has 2 aromatic carbocycles. The first-order valence-electron chi connectivity index (χ1n) is 17.7. The lowest BCUT2D eigenvalue weighted by atomic mass is 10.0. The SMILES string of the molecule is CSCC[C@H](NC=O)C(=O)N[C@H]1CC(C)N([C@@H](Cc2ccccc2)C(=O)NCCC[C@H](NC(=O)OCc2ccccc2)C(=O)ON2C(=O)CCC2=O)C1=O. The molecule has 2 aliphatic rings. The zero-order valence-corrected chi connectivity index (χ0v) is 31.0. The molecule has 5 atom stereocenters. The average Bonchev–Trinajstić information content (AvgIpc) is 3.63. The van der Waals surface area contributed by atoms with Crippen LogP contribution >= 0.6 is 11.8 Å². The summed E-state index contributed by atoms with van der Waals surface area (Å²) in [5.41, 5.74) is 1.50. The van der Waals surface area contributed by atoms with Crippen LogP contribution in [0.4, 0.5) is 4.79 Å². The van der Waals surface area contributed by atoms with E-state index in [1.165, 1.54) is 16.7 Å². The number of benzene rings is 2. The highest BCUT2D eigenvalue weighted by atomic mass is 32.2. The highest BCUT2D eigenvalue weighted by Crippen LogP contribution is 2.25. The van der Waals surface area contributed by atoms with Gasteiger partial charge in [-0.2, -0.15) is 11.8 Å². The Morgan fingerprint density at radius 2 is 1.56 bits per heavy atom. The van der Waals surface area contributed by atoms with Crippen LogP contribution in [0.5, 0.6) is 0 Å². The number of ether oxygens (including phenoxy) is 1. The van der Waals surface area contributed by atoms with Gasteiger partial charge in [0.25, 0.3) is 11.8 Å². The standard InChI is InChI=1S/C37H46N6O10S/c1-24-20-29(40-33(47)27(39-23-44)17-19-54-2)35(49)42(24)30(21-25-10-5-3-6-11-25)34(48)38-18-9-14-28(36(50)53-43-31(45)15-16-32(43)46)41-37(51)52-22-26-12-7-4-8-13-26/h3-8,10-13,23-24,27-30H,9,14-22H2,1-2H3,(H,38,48)(H,39,44)(H,40,47)(H,41,51)/t24?,27-,28-,29-,30-/m0/s1. The molecule has 2 heterocycles. The number of hydrogen-bond donors (Lipinski definition) is 4. The average molecular weight is 767 g/mol. The number of likely N-dealkylation sites (tertiary alicyclic amines) is 1. The van der Waals surface area contributed by atoms with E-state index in [1.807, 2.05) is 36.6 Å². The number of nitrogens with zero attached hydrogens (tertiary/aromatic N) is 2. The molecule has 2 saturated heterocycles. The van der Waals surface area contributed by atoms with E-state index in [9.17, 15) is 38.4 Å². The Bertz CT molecular complexity index is 1630. The first-order chi connectivity index (χ1) is 26.0. The van der Waals surface area contributed by atoms with Crippen molar-refractivity contribution in [3.63, 3.8) is 0 Å². The second-order valence-corrected chi connectivity index (χ2v) is 13.9. The molecule has 0 aliphatic carbocycles. The fourth-order valence-corrected chi connectivity index (χ4v) is 6.64. The second kappa shape index (κ2) is 20.7. The largest absolute Gasteiger partial charge is 0.445 e. The van der Waals surface area contributed by atoms with Gasteiger partial charge >= 0.3 is 12.1 Å². The van der Waals surface area contributed by atoms with Crippen molar-refractivity contribution in [2.24, 2.45) is 0 Å². The van der Waals surface area contributed by atoms with E-state index < -0.39 is 71.8 Å². The van der Waals surface area contributed by atoms with Gasteiger partial charge in [-0.15, -0.1) is 5.06 Å². The summed E-state index contributed by atoms with van der Waals surface area (Å²) in [4.78, 5) is 108. The molecular formula is C37H46N6O10S. The molecule has 17 heteroatoms. The Morgan fingerprint density at radius 3 is 2.19 bits per heavy atom. The maximum absolute atomic E-state index is 13.8. The molecule has 0 aromatic heterocycles. The van der Waals surface area contributed by atoms with Crippen LogP contribution in [-0.2, 0) is 56.2 Å². The van der Waals surface area contributed by atoms with Crippen molar-refractivity contribution in [1.82, 2.24) is 31.2 Å². The minimum Gasteiger partial charge on any atom is -0.445 e. The summed E-state index contributed by atoms with van der Waals surface area (Å²) in [6.07, 6.45) is 2.03. The molecule has 4 N–H and O–H groups in total. The number of imide groups is 1. The molecule has 0 radical (unpaired) electrons. The van der Waals surface area contributed by atoms with Gasteiger partial charge in [-0.25, -0.2) is 9.59 Å². The van der Waals surface area contributed by atoms with Gasteiger partial charge in [0, 0.05) is 31.8 Å². The first kappa shape index (κ1) is 41.3. The lowest BCUT2D eigenvalue weighted by Crippen LogP contribution is -2.54. The maximum Gasteiger partial charge on any atom is 0.408 e. The minimum atomic E-state index is -1.34. The number of carbonyl (C=O) groups excluding carboxylic acids is 8. The lowest BCUT2D eigenvalue weighted by molar-refractivity contribution is -0.199. The maximum atomic E-state index is 13.8. The van der Waals surface area contributed by atoms with Crippen molar-refractivity contribution in [3.05, 3.63) is 71.8 Å². The Hall–Kier alpha value is -5.45. The van der Waals surface area contributed by atoms with E-state index in [2.05, 4.69) is 21.3 Å². The monoisotopic (exact) mass is 766 g/mol. The number of carbonyl (C=O) groups is 8. The van der Waals surface area contributed by atoms with Crippen molar-refractivity contribution >= 4 is 59.8 Å². The number of amides is 7. The summed E-state index contributed by atoms with van der Waals surface area (Å²) in [5, 5.41) is 10.9. The topological polar surface area (TPSA) is 210 Å². The number of rotatable bonds is 20. The summed E-state index contributed by atoms with van der Waals surface area (Å²) in [6.45, 7) is 1.73. The third kappa shape index (κ3) is 11.8. The zero-order chi connectivity index (χ0) is 39.0. The van der Waals surface area contributed by atoms with Crippen LogP contribution in [0.3, 0.4) is 0 Å². The van der Waals surface area contributed by atoms with E-state index in [0.29, 0.717) is 29.2 Å². The number of hydroxylamine groups is 2. The van der Waals surface area contributed by atoms with Gasteiger partial charge in [-0.05, 0) is 55.7 Å². The molecule has 2 fully saturated rings. The molecule has 1 unspecified atom stereocenters. The highest BCUT2D eigenvalue weighted by Gasteiger charge is 2.44. The van der Waals surface area contributed by atoms with Crippen molar-refractivity contribution in [2.45, 2.75) is 88.7 Å². The van der Waals surface area contributed by atoms with Crippen LogP contribution in [0.25, 0.3) is 0 Å². The predicted octanol–water partition coefficient (Wildman–Crippen LogP) is 1.37. The molecule has 7 amide bonds. The van der Waals surface area contributed by atoms with Crippen LogP contribution in [-0.4, -0.2) is 107 Å². The summed E-state index contributed by atoms with van der Waals surface area (Å²) in [5.74, 6) is -3.22. The van der Waals surface area contributed by atoms with Crippen molar-refractivity contribution in [2.75, 3.05) is 18.6 Å². The predicted molar refractivity (Wildman–Crippen MR) is 196 cm³/mol. The van der Waals surface area contributed by atoms with Crippen molar-refractivity contribution < 1.29 is 47.9 Å². The molecule has 4 rings (SSSR count). The summed E-state index contributed by atoms with van der Waals surface area (Å²) < 4.78 is 5.25. The molecular weight excluding hydrogens is 721 g/mol. The fourth-order valence-electron chi connectivity index (χ4n) is 6.17. The Balaban J connectivity index is 1.41. The first-order valence-corrected chi connectivity index (χ1v) is 19.1. The molecule has 16 nitrogen and oxygen atoms in total. The van der Waals surface area contributed by atoms with Gasteiger partial charge in [0.1, 0.15) is 30.8 Å². The van der Waals surface area contributed by atoms with Gasteiger partial charge in [-0.1, -0.05) is 60.7 Å². The summed E-state index contributed by atoms with van der Waals surface area (Å²) in [6, 6.07) is 13.5. The summed E-state index contributed by atoms with van der Waals surface area (Å²) >= 11 is 1.52. The van der Waals surface area contributed by atoms with Crippen LogP contribution < -0.4 is 21.3 Å². The fraction of sp³-hybridized carbons (Fsp3) is 0.459. The Morgan fingerprint density at radius 1 is 0.907 bits per heavy atom. The smallest absolute Gasteiger partial charge is 0.408 e. The van der Waals surface area contributed by atoms with E-state index >= 15 is 0 Å². The van der Waals surface area contributed by atoms with Gasteiger partial charge in [-0.3, -0.25) is 28.8 Å². The van der Waals surface area contributed by atoms with Crippen LogP contribution in [0, 0.1) is 0 Å². The van der Waals surface area contributed by atoms with Gasteiger partial charge in [0.2, 0.25) is 24.1 Å². The minimum absolute atomic E-state index is 0.0152. The van der Waals surface area contributed by atoms with Crippen molar-refractivity contribution in [3.8, 4) is 0 Å². The van der Waals surface area contributed by atoms with Crippen molar-refractivity contribution in [1.29, 1.82) is 0 Å². The van der Waals surface area contributed by atoms with E-state index in [-0.39, 0.29) is 51.7 Å². The number of hydrogen-bond acceptors (Lipinski definition) is 11. The molecule has 54 heavy (non-hydrogen) atoms. The van der Waals surface area contributed by atoms with Crippen LogP contribution in [0.15, 0.2) is 60.7 Å². The third-order valence-corrected chi connectivity index (χ3v) is 9.62. The molecule has 2 aromatic rings. The molecule has 0 saturated carbocycles. The molecule has 0 spiro atoms. The second-order valence-electron chi connectivity index (χ2n) is 12.9. The summed E-state index contributed by atoms with van der Waals surface area (Å²) in [7, 11) is 0. The Kier molecular flexibility index (Phi) is 15.8. The zero-order valence-electron chi connectivity index (χ0n) is 30.2. The van der Waals surface area contributed by atoms with Gasteiger partial charge in [0.05, 0.1) is 0 Å². The normalized spacial score (nSPS) is 18.4. The molecule has 0 bridgehead atoms. The highest BCUT2D eigenvalue weighted by molar-refractivity contribution is 7.98. The van der Waals surface area contributed by atoms with Gasteiger partial charge in [0.15, 0.2) is 0 Å². The van der Waals surface area contributed by atoms with E-state index in [1.54, 1.807) is 37.3 Å². The quantitative estimate of drug-likeness (QED) is 0.0860. The van der Waals surface area contributed by atoms with Crippen LogP contribution in [0.1, 0.15) is 56.6 Å². The van der Waals surface area contributed by atoms with Gasteiger partial charge < -0.3 is 35.7 Å². The number of thioether (sulfide) groups is 1. The lowest BCUT2D eigenvalue weighted by Gasteiger charge is -2.31. The van der Waals surface area contributed by atoms with E-state index in [0.717, 1.165) is 5.56 Å². The number of nitrogens with one attached hydrogen (secondary N) is 4. The molecule has 290 valence electrons. The molecule has 2 aliphatic heterocycles. The Labute approximate surface area is 317 Å². The van der Waals surface area contributed by atoms with E-state index in [4.69, 9.17) is 9.57 Å².